The van der Waals surface area contributed by atoms with Crippen LogP contribution in [0.2, 0.25) is 0 Å². The summed E-state index contributed by atoms with van der Waals surface area (Å²) in [6.45, 7) is 3.68. The largest absolute Gasteiger partial charge is 0.356 e. The van der Waals surface area contributed by atoms with Crippen LogP contribution in [0, 0.1) is 0 Å². The Morgan fingerprint density at radius 2 is 1.90 bits per heavy atom. The lowest BCUT2D eigenvalue weighted by Gasteiger charge is -2.13. The number of rotatable bonds is 7. The van der Waals surface area contributed by atoms with E-state index in [0.29, 0.717) is 12.1 Å². The van der Waals surface area contributed by atoms with Crippen molar-refractivity contribution in [2.75, 3.05) is 45.7 Å². The second-order valence-corrected chi connectivity index (χ2v) is 8.15. The highest BCUT2D eigenvalue weighted by Crippen LogP contribution is 2.24. The maximum Gasteiger partial charge on any atom is 0.253 e. The zero-order chi connectivity index (χ0) is 20.6. The van der Waals surface area contributed by atoms with Gasteiger partial charge in [-0.15, -0.1) is 35.3 Å². The molecule has 0 bridgehead atoms. The highest BCUT2D eigenvalue weighted by atomic mass is 127. The first-order valence-electron chi connectivity index (χ1n) is 10.0. The predicted molar refractivity (Wildman–Crippen MR) is 135 cm³/mol. The average Bonchev–Trinajstić information content (AvgIpc) is 3.42. The van der Waals surface area contributed by atoms with Crippen molar-refractivity contribution in [1.82, 2.24) is 20.5 Å². The molecule has 0 aliphatic carbocycles. The van der Waals surface area contributed by atoms with Crippen molar-refractivity contribution in [2.24, 2.45) is 4.99 Å². The number of anilines is 1. The summed E-state index contributed by atoms with van der Waals surface area (Å²) in [5, 5.41) is 9.96. The summed E-state index contributed by atoms with van der Waals surface area (Å²) in [7, 11) is 5.28. The Hall–Kier alpha value is -1.88. The van der Waals surface area contributed by atoms with E-state index in [-0.39, 0.29) is 29.9 Å². The first kappa shape index (κ1) is 24.4. The molecule has 9 heteroatoms. The third-order valence-corrected chi connectivity index (χ3v) is 5.83. The van der Waals surface area contributed by atoms with Crippen molar-refractivity contribution in [3.63, 3.8) is 0 Å². The minimum atomic E-state index is 0. The maximum absolute atomic E-state index is 12.0. The molecule has 2 aromatic rings. The van der Waals surface area contributed by atoms with E-state index in [1.807, 2.05) is 24.3 Å². The molecule has 1 aromatic heterocycles. The summed E-state index contributed by atoms with van der Waals surface area (Å²) < 4.78 is 0. The van der Waals surface area contributed by atoms with Gasteiger partial charge in [0.2, 0.25) is 0 Å². The van der Waals surface area contributed by atoms with Gasteiger partial charge in [-0.05, 0) is 30.5 Å². The highest BCUT2D eigenvalue weighted by Gasteiger charge is 2.15. The fourth-order valence-electron chi connectivity index (χ4n) is 3.20. The number of thiazole rings is 1. The number of guanidine groups is 1. The first-order valence-corrected chi connectivity index (χ1v) is 10.9. The topological polar surface area (TPSA) is 72.9 Å². The molecule has 1 fully saturated rings. The molecule has 0 radical (unpaired) electrons. The predicted octanol–water partition coefficient (Wildman–Crippen LogP) is 2.97. The van der Waals surface area contributed by atoms with Crippen molar-refractivity contribution in [3.8, 4) is 0 Å². The summed E-state index contributed by atoms with van der Waals surface area (Å²) in [5.74, 6) is 0.769. The Morgan fingerprint density at radius 1 is 1.20 bits per heavy atom. The van der Waals surface area contributed by atoms with Gasteiger partial charge < -0.3 is 20.4 Å². The molecule has 0 unspecified atom stereocenters. The molecule has 1 saturated heterocycles. The van der Waals surface area contributed by atoms with Gasteiger partial charge >= 0.3 is 0 Å². The summed E-state index contributed by atoms with van der Waals surface area (Å²) in [5.41, 5.74) is 2.91. The molecule has 0 atom stereocenters. The third kappa shape index (κ3) is 6.83. The lowest BCUT2D eigenvalue weighted by molar-refractivity contribution is 0.0827. The van der Waals surface area contributed by atoms with E-state index in [4.69, 9.17) is 4.98 Å². The Kier molecular flexibility index (Phi) is 9.83. The summed E-state index contributed by atoms with van der Waals surface area (Å²) in [4.78, 5) is 24.9. The third-order valence-electron chi connectivity index (χ3n) is 4.88. The van der Waals surface area contributed by atoms with Crippen LogP contribution in [0.25, 0.3) is 0 Å². The monoisotopic (exact) mass is 542 g/mol. The maximum atomic E-state index is 12.0. The lowest BCUT2D eigenvalue weighted by atomic mass is 10.1. The second-order valence-electron chi connectivity index (χ2n) is 7.31. The fourth-order valence-corrected chi connectivity index (χ4v) is 4.12. The minimum absolute atomic E-state index is 0. The smallest absolute Gasteiger partial charge is 0.253 e. The zero-order valence-corrected chi connectivity index (χ0v) is 21.0. The molecule has 1 aromatic carbocycles. The average molecular weight is 542 g/mol. The van der Waals surface area contributed by atoms with Crippen LogP contribution in [-0.2, 0) is 13.0 Å². The molecule has 0 saturated carbocycles. The highest BCUT2D eigenvalue weighted by molar-refractivity contribution is 14.0. The molecule has 2 heterocycles. The van der Waals surface area contributed by atoms with Gasteiger partial charge in [0.25, 0.3) is 5.91 Å². The van der Waals surface area contributed by atoms with Crippen molar-refractivity contribution in [3.05, 3.63) is 46.5 Å². The second kappa shape index (κ2) is 12.1. The molecule has 3 rings (SSSR count). The number of carbonyl (C=O) groups excluding carboxylic acids is 1. The van der Waals surface area contributed by atoms with Crippen LogP contribution in [0.4, 0.5) is 5.13 Å². The quantitative estimate of drug-likeness (QED) is 0.320. The Labute approximate surface area is 200 Å². The van der Waals surface area contributed by atoms with Gasteiger partial charge in [-0.25, -0.2) is 4.98 Å². The van der Waals surface area contributed by atoms with Crippen LogP contribution in [-0.4, -0.2) is 62.5 Å². The van der Waals surface area contributed by atoms with Gasteiger partial charge in [0, 0.05) is 64.7 Å². The normalized spacial score (nSPS) is 13.7. The summed E-state index contributed by atoms with van der Waals surface area (Å²) in [6, 6.07) is 7.64. The number of aromatic nitrogens is 1. The number of nitrogens with zero attached hydrogens (tertiary/aromatic N) is 4. The minimum Gasteiger partial charge on any atom is -0.356 e. The van der Waals surface area contributed by atoms with Crippen LogP contribution < -0.4 is 15.5 Å². The molecule has 1 aliphatic heterocycles. The molecule has 164 valence electrons. The molecular weight excluding hydrogens is 511 g/mol. The van der Waals surface area contributed by atoms with Gasteiger partial charge in [-0.3, -0.25) is 9.79 Å². The van der Waals surface area contributed by atoms with Crippen molar-refractivity contribution >= 4 is 52.3 Å². The van der Waals surface area contributed by atoms with Crippen LogP contribution in [0.15, 0.2) is 34.6 Å². The van der Waals surface area contributed by atoms with Crippen molar-refractivity contribution in [1.29, 1.82) is 0 Å². The standard InChI is InChI=1S/C21H30N6OS.HI/c1-22-20(24-14-16-6-8-17(9-7-16)19(28)26(2)3)23-11-10-18-15-29-21(25-18)27-12-4-5-13-27;/h6-9,15H,4-5,10-14H2,1-3H3,(H2,22,23,24);1H. The molecule has 30 heavy (non-hydrogen) atoms. The first-order chi connectivity index (χ1) is 14.1. The Balaban J connectivity index is 0.00000320. The molecule has 1 amide bonds. The van der Waals surface area contributed by atoms with Crippen LogP contribution >= 0.6 is 35.3 Å². The van der Waals surface area contributed by atoms with Gasteiger partial charge in [-0.1, -0.05) is 12.1 Å². The number of nitrogens with one attached hydrogen (secondary N) is 2. The number of amides is 1. The van der Waals surface area contributed by atoms with Crippen LogP contribution in [0.1, 0.15) is 34.5 Å². The van der Waals surface area contributed by atoms with Crippen LogP contribution in [0.5, 0.6) is 0 Å². The van der Waals surface area contributed by atoms with E-state index in [0.717, 1.165) is 48.4 Å². The Bertz CT molecular complexity index is 830. The summed E-state index contributed by atoms with van der Waals surface area (Å²) in [6.07, 6.45) is 3.41. The van der Waals surface area contributed by atoms with Gasteiger partial charge in [-0.2, -0.15) is 0 Å². The van der Waals surface area contributed by atoms with Crippen molar-refractivity contribution in [2.45, 2.75) is 25.8 Å². The molecule has 2 N–H and O–H groups in total. The SMILES string of the molecule is CN=C(NCCc1csc(N2CCCC2)n1)NCc1ccc(C(=O)N(C)C)cc1.I. The number of hydrogen-bond donors (Lipinski definition) is 2. The summed E-state index contributed by atoms with van der Waals surface area (Å²) >= 11 is 1.74. The van der Waals surface area contributed by atoms with E-state index in [1.165, 1.54) is 12.8 Å². The molecular formula is C21H31IN6OS. The van der Waals surface area contributed by atoms with E-state index >= 15 is 0 Å². The molecule has 0 spiro atoms. The van der Waals surface area contributed by atoms with Crippen molar-refractivity contribution < 1.29 is 4.79 Å². The number of carbonyl (C=O) groups is 1. The Morgan fingerprint density at radius 3 is 2.53 bits per heavy atom. The van der Waals surface area contributed by atoms with E-state index in [1.54, 1.807) is 37.4 Å². The molecule has 7 nitrogen and oxygen atoms in total. The van der Waals surface area contributed by atoms with E-state index in [9.17, 15) is 4.79 Å². The number of halogens is 1. The number of hydrogen-bond acceptors (Lipinski definition) is 5. The lowest BCUT2D eigenvalue weighted by Crippen LogP contribution is -2.37. The zero-order valence-electron chi connectivity index (χ0n) is 17.9. The van der Waals surface area contributed by atoms with Crippen LogP contribution in [0.3, 0.4) is 0 Å². The van der Waals surface area contributed by atoms with Gasteiger partial charge in [0.15, 0.2) is 11.1 Å². The fraction of sp³-hybridized carbons (Fsp3) is 0.476. The van der Waals surface area contributed by atoms with E-state index in [2.05, 4.69) is 25.9 Å². The number of aliphatic imine (C=N–C) groups is 1. The van der Waals surface area contributed by atoms with E-state index < -0.39 is 0 Å². The van der Waals surface area contributed by atoms with Gasteiger partial charge in [0.1, 0.15) is 0 Å². The number of benzene rings is 1. The van der Waals surface area contributed by atoms with Gasteiger partial charge in [0.05, 0.1) is 5.69 Å². The molecule has 1 aliphatic rings.